The first kappa shape index (κ1) is 60.4. The molecule has 0 aliphatic heterocycles. The highest BCUT2D eigenvalue weighted by atomic mass is 79.9. The maximum absolute atomic E-state index is 18.7. The minimum absolute atomic E-state index is 0.0437. The van der Waals surface area contributed by atoms with E-state index in [0.717, 1.165) is 62.4 Å². The van der Waals surface area contributed by atoms with Gasteiger partial charge in [0.2, 0.25) is 0 Å². The van der Waals surface area contributed by atoms with Crippen molar-refractivity contribution in [2.45, 2.75) is 21.7 Å². The van der Waals surface area contributed by atoms with E-state index < -0.39 is 21.7 Å². The molecule has 0 heterocycles. The minimum Gasteiger partial charge on any atom is -0.289 e. The van der Waals surface area contributed by atoms with Gasteiger partial charge in [0.15, 0.2) is 5.78 Å². The molecule has 106 heavy (non-hydrogen) atoms. The summed E-state index contributed by atoms with van der Waals surface area (Å²) < 4.78 is 4.09. The van der Waals surface area contributed by atoms with Crippen LogP contribution >= 0.6 is 63.7 Å². The van der Waals surface area contributed by atoms with Crippen molar-refractivity contribution in [2.24, 2.45) is 0 Å². The highest BCUT2D eigenvalue weighted by Crippen LogP contribution is 2.71. The van der Waals surface area contributed by atoms with Crippen LogP contribution in [0.3, 0.4) is 0 Å². The number of rotatable bonds is 4. The Balaban J connectivity index is 0.847. The van der Waals surface area contributed by atoms with Crippen molar-refractivity contribution >= 4 is 69.5 Å². The van der Waals surface area contributed by atoms with Gasteiger partial charge in [-0.1, -0.05) is 319 Å². The molecule has 0 fully saturated rings. The van der Waals surface area contributed by atoms with Gasteiger partial charge in [0.05, 0.1) is 21.7 Å². The molecule has 0 aromatic heterocycles. The summed E-state index contributed by atoms with van der Waals surface area (Å²) in [5.74, 6) is -0.0437. The van der Waals surface area contributed by atoms with Crippen molar-refractivity contribution in [3.05, 3.63) is 446 Å². The molecule has 4 spiro atoms. The maximum atomic E-state index is 18.7. The Kier molecular flexibility index (Phi) is 12.1. The van der Waals surface area contributed by atoms with Crippen LogP contribution in [-0.4, -0.2) is 5.78 Å². The highest BCUT2D eigenvalue weighted by molar-refractivity contribution is 9.11. The van der Waals surface area contributed by atoms with Gasteiger partial charge >= 0.3 is 0 Å². The zero-order valence-corrected chi connectivity index (χ0v) is 62.9. The third-order valence-corrected chi connectivity index (χ3v) is 27.6. The third kappa shape index (κ3) is 7.12. The van der Waals surface area contributed by atoms with Gasteiger partial charge in [0.25, 0.3) is 0 Å². The monoisotopic (exact) mass is 1600 g/mol. The van der Waals surface area contributed by atoms with Crippen molar-refractivity contribution in [1.29, 1.82) is 0 Å². The van der Waals surface area contributed by atoms with E-state index in [2.05, 4.69) is 391 Å². The SMILES string of the molecule is O=C(c1ccc2c(c1-c1ccc3c(c1)C1(c4ccccc4-3)c3cc(Br)ccc3-c3ccc(Br)cc31)C1(c3ccccc3-c3ccccc31)c1ccccc1-2)c1ccc2c(c1-c1ccc3c(c1)C1(c4ccccc4-3)c3cc(Br)ccc3-c3ccc(Br)cc31)C1(c3ccccc3-c3ccccc31)c1ccccc1-2. The fraction of sp³-hybridized carbons (Fsp3) is 0.0396. The van der Waals surface area contributed by atoms with Gasteiger partial charge in [-0.2, -0.15) is 0 Å². The van der Waals surface area contributed by atoms with Gasteiger partial charge in [0.1, 0.15) is 0 Å². The lowest BCUT2D eigenvalue weighted by Gasteiger charge is -2.34. The zero-order chi connectivity index (χ0) is 70.0. The molecule has 0 saturated heterocycles. The average molecular weight is 1600 g/mol. The molecule has 0 N–H and O–H groups in total. The van der Waals surface area contributed by atoms with Crippen LogP contribution in [0.1, 0.15) is 105 Å². The molecule has 0 amide bonds. The topological polar surface area (TPSA) is 17.1 Å². The van der Waals surface area contributed by atoms with Gasteiger partial charge in [-0.05, 0) is 273 Å². The highest BCUT2D eigenvalue weighted by Gasteiger charge is 2.59. The van der Waals surface area contributed by atoms with E-state index in [-0.39, 0.29) is 5.78 Å². The molecular formula is C101H54Br4O. The largest absolute Gasteiger partial charge is 0.289 e. The van der Waals surface area contributed by atoms with E-state index in [1.165, 1.54) is 156 Å². The predicted octanol–water partition coefficient (Wildman–Crippen LogP) is 26.7. The molecule has 0 bridgehead atoms. The lowest BCUT2D eigenvalue weighted by molar-refractivity contribution is 0.103. The Bertz CT molecular complexity index is 6190. The Morgan fingerprint density at radius 2 is 0.387 bits per heavy atom. The van der Waals surface area contributed by atoms with Crippen molar-refractivity contribution in [2.75, 3.05) is 0 Å². The fourth-order valence-corrected chi connectivity index (χ4v) is 23.5. The molecule has 8 aliphatic carbocycles. The number of benzene rings is 16. The van der Waals surface area contributed by atoms with Crippen molar-refractivity contribution in [3.8, 4) is 111 Å². The Labute approximate surface area is 647 Å². The molecule has 16 aromatic carbocycles. The quantitative estimate of drug-likeness (QED) is 0.161. The molecule has 8 aliphatic rings. The molecule has 0 unspecified atom stereocenters. The number of ketones is 1. The molecule has 1 nitrogen and oxygen atoms in total. The predicted molar refractivity (Wildman–Crippen MR) is 443 cm³/mol. The van der Waals surface area contributed by atoms with E-state index in [1.54, 1.807) is 0 Å². The van der Waals surface area contributed by atoms with Crippen LogP contribution in [0.2, 0.25) is 0 Å². The van der Waals surface area contributed by atoms with Gasteiger partial charge in [-0.3, -0.25) is 4.79 Å². The van der Waals surface area contributed by atoms with Crippen molar-refractivity contribution < 1.29 is 4.79 Å². The molecular weight excluding hydrogens is 1550 g/mol. The summed E-state index contributed by atoms with van der Waals surface area (Å²) in [6, 6.07) is 124. The summed E-state index contributed by atoms with van der Waals surface area (Å²) in [5.41, 5.74) is 40.3. The summed E-state index contributed by atoms with van der Waals surface area (Å²) in [4.78, 5) is 18.7. The van der Waals surface area contributed by atoms with E-state index >= 15 is 4.79 Å². The van der Waals surface area contributed by atoms with E-state index in [4.69, 9.17) is 0 Å². The second kappa shape index (κ2) is 21.2. The number of hydrogen-bond donors (Lipinski definition) is 0. The second-order valence-corrected chi connectivity index (χ2v) is 33.5. The Hall–Kier alpha value is -10.9. The van der Waals surface area contributed by atoms with Crippen LogP contribution < -0.4 is 0 Å². The van der Waals surface area contributed by atoms with Crippen LogP contribution in [0.15, 0.2) is 345 Å². The second-order valence-electron chi connectivity index (χ2n) is 29.8. The Morgan fingerprint density at radius 1 is 0.189 bits per heavy atom. The molecule has 492 valence electrons. The van der Waals surface area contributed by atoms with Crippen molar-refractivity contribution in [3.63, 3.8) is 0 Å². The summed E-state index contributed by atoms with van der Waals surface area (Å²) in [6.45, 7) is 0. The van der Waals surface area contributed by atoms with Gasteiger partial charge in [0, 0.05) is 29.0 Å². The van der Waals surface area contributed by atoms with Crippen molar-refractivity contribution in [1.82, 2.24) is 0 Å². The van der Waals surface area contributed by atoms with Gasteiger partial charge in [-0.15, -0.1) is 0 Å². The normalized spacial score (nSPS) is 15.1. The summed E-state index contributed by atoms with van der Waals surface area (Å²) in [7, 11) is 0. The van der Waals surface area contributed by atoms with E-state index in [1.807, 2.05) is 0 Å². The number of halogens is 4. The van der Waals surface area contributed by atoms with Crippen LogP contribution in [0.5, 0.6) is 0 Å². The number of fused-ring (bicyclic) bond motifs is 40. The van der Waals surface area contributed by atoms with Crippen LogP contribution in [0, 0.1) is 0 Å². The maximum Gasteiger partial charge on any atom is 0.194 e. The summed E-state index contributed by atoms with van der Waals surface area (Å²) in [6.07, 6.45) is 0. The van der Waals surface area contributed by atoms with Crippen LogP contribution in [0.4, 0.5) is 0 Å². The fourth-order valence-electron chi connectivity index (χ4n) is 22.1. The minimum atomic E-state index is -0.836. The van der Waals surface area contributed by atoms with Crippen LogP contribution in [-0.2, 0) is 21.7 Å². The standard InChI is InChI=1S/C101H54Br4O/c102-57-35-41-71-72-42-36-58(103)52-90(72)98(89(71)51-57)79-25-9-1-21-65(79)69-39-33-55(49-87(69)98)93-77(47-45-75-67-23-7-15-31-85(67)100(95(75)93)81-27-11-3-17-61(81)62-18-4-12-28-82(62)100)97(106)78-48-46-76-68-24-8-16-32-86(68)101(83-29-13-5-19-63(83)64-20-6-14-30-84(64)101)96(76)94(78)56-34-40-70-66-22-2-10-26-80(66)99(88(70)50-56)91-53-59(104)37-43-73(91)74-44-38-60(105)54-92(74)99/h1-54H. The summed E-state index contributed by atoms with van der Waals surface area (Å²) >= 11 is 16.1. The molecule has 5 heteroatoms. The number of carbonyl (C=O) groups excluding carboxylic acids is 1. The first-order valence-corrected chi connectivity index (χ1v) is 39.5. The third-order valence-electron chi connectivity index (χ3n) is 25.6. The average Bonchev–Trinajstić information content (AvgIpc) is 1.51. The molecule has 24 rings (SSSR count). The zero-order valence-electron chi connectivity index (χ0n) is 56.6. The first-order chi connectivity index (χ1) is 52.1. The van der Waals surface area contributed by atoms with Crippen LogP contribution in [0.25, 0.3) is 111 Å². The number of hydrogen-bond acceptors (Lipinski definition) is 1. The Morgan fingerprint density at radius 3 is 0.651 bits per heavy atom. The molecule has 0 atom stereocenters. The number of carbonyl (C=O) groups is 1. The lowest BCUT2D eigenvalue weighted by Crippen LogP contribution is -2.28. The lowest BCUT2D eigenvalue weighted by atomic mass is 9.66. The summed E-state index contributed by atoms with van der Waals surface area (Å²) in [5, 5.41) is 0. The smallest absolute Gasteiger partial charge is 0.194 e. The van der Waals surface area contributed by atoms with E-state index in [9.17, 15) is 0 Å². The first-order valence-electron chi connectivity index (χ1n) is 36.3. The van der Waals surface area contributed by atoms with E-state index in [0.29, 0.717) is 11.1 Å². The van der Waals surface area contributed by atoms with Gasteiger partial charge < -0.3 is 0 Å². The van der Waals surface area contributed by atoms with Gasteiger partial charge in [-0.25, -0.2) is 0 Å². The molecule has 0 saturated carbocycles. The molecule has 16 aromatic rings. The molecule has 0 radical (unpaired) electrons.